The zero-order chi connectivity index (χ0) is 13.0. The van der Waals surface area contributed by atoms with Crippen molar-refractivity contribution in [2.24, 2.45) is 5.73 Å². The minimum Gasteiger partial charge on any atom is -0.383 e. The number of rotatable bonds is 6. The second-order valence-corrected chi connectivity index (χ2v) is 4.68. The van der Waals surface area contributed by atoms with Gasteiger partial charge in [-0.25, -0.2) is 0 Å². The highest BCUT2D eigenvalue weighted by Crippen LogP contribution is 2.40. The molecule has 6 heteroatoms. The van der Waals surface area contributed by atoms with Gasteiger partial charge in [0.1, 0.15) is 11.7 Å². The number of aromatic nitrogens is 2. The lowest BCUT2D eigenvalue weighted by Crippen LogP contribution is -2.27. The van der Waals surface area contributed by atoms with Crippen LogP contribution in [0.5, 0.6) is 0 Å². The van der Waals surface area contributed by atoms with Gasteiger partial charge in [-0.05, 0) is 45.6 Å². The molecule has 1 aliphatic carbocycles. The monoisotopic (exact) mass is 255 g/mol. The topological polar surface area (TPSA) is 94.4 Å². The van der Waals surface area contributed by atoms with Crippen LogP contribution < -0.4 is 5.73 Å². The summed E-state index contributed by atoms with van der Waals surface area (Å²) >= 11 is 0. The lowest BCUT2D eigenvalue weighted by Gasteiger charge is -2.24. The molecule has 0 aliphatic heterocycles. The van der Waals surface area contributed by atoms with E-state index in [4.69, 9.17) is 15.0 Å². The molecule has 3 N–H and O–H groups in total. The molecular formula is C12H21N3O3. The molecule has 1 heterocycles. The van der Waals surface area contributed by atoms with Crippen LogP contribution in [0.2, 0.25) is 0 Å². The number of nitrogens with two attached hydrogens (primary N) is 1. The van der Waals surface area contributed by atoms with Crippen LogP contribution in [-0.4, -0.2) is 28.4 Å². The summed E-state index contributed by atoms with van der Waals surface area (Å²) in [4.78, 5) is 4.29. The van der Waals surface area contributed by atoms with Crippen LogP contribution in [0.1, 0.15) is 56.8 Å². The first kappa shape index (κ1) is 13.5. The van der Waals surface area contributed by atoms with E-state index in [-0.39, 0.29) is 5.89 Å². The van der Waals surface area contributed by atoms with Crippen molar-refractivity contribution in [3.63, 3.8) is 0 Å². The van der Waals surface area contributed by atoms with Gasteiger partial charge in [0.15, 0.2) is 0 Å². The van der Waals surface area contributed by atoms with E-state index in [2.05, 4.69) is 10.1 Å². The van der Waals surface area contributed by atoms with Crippen LogP contribution in [0.3, 0.4) is 0 Å². The van der Waals surface area contributed by atoms with E-state index in [1.165, 1.54) is 0 Å². The number of nitrogens with zero attached hydrogens (tertiary/aromatic N) is 2. The van der Waals surface area contributed by atoms with E-state index in [0.717, 1.165) is 25.7 Å². The van der Waals surface area contributed by atoms with Crippen LogP contribution in [0.4, 0.5) is 0 Å². The minimum absolute atomic E-state index is 0.237. The van der Waals surface area contributed by atoms with Gasteiger partial charge in [0, 0.05) is 6.61 Å². The normalized spacial score (nSPS) is 20.2. The third-order valence-electron chi connectivity index (χ3n) is 3.41. The van der Waals surface area contributed by atoms with Crippen LogP contribution >= 0.6 is 0 Å². The summed E-state index contributed by atoms with van der Waals surface area (Å²) in [5, 5.41) is 13.8. The highest BCUT2D eigenvalue weighted by Gasteiger charge is 2.41. The Bertz CT molecular complexity index is 374. The number of hydrogen-bond acceptors (Lipinski definition) is 6. The third kappa shape index (κ3) is 2.55. The van der Waals surface area contributed by atoms with Gasteiger partial charge in [0.25, 0.3) is 5.89 Å². The van der Waals surface area contributed by atoms with Gasteiger partial charge >= 0.3 is 0 Å². The molecule has 2 rings (SSSR count). The number of hydrogen-bond donors (Lipinski definition) is 2. The Morgan fingerprint density at radius 3 is 2.83 bits per heavy atom. The molecule has 1 aromatic heterocycles. The quantitative estimate of drug-likeness (QED) is 0.794. The largest absolute Gasteiger partial charge is 0.383 e. The first-order valence-corrected chi connectivity index (χ1v) is 6.58. The van der Waals surface area contributed by atoms with Crippen molar-refractivity contribution in [2.75, 3.05) is 13.2 Å². The fraction of sp³-hybridized carbons (Fsp3) is 0.833. The number of ether oxygens (including phenoxy) is 1. The fourth-order valence-electron chi connectivity index (χ4n) is 2.49. The van der Waals surface area contributed by atoms with Crippen LogP contribution in [0.25, 0.3) is 0 Å². The van der Waals surface area contributed by atoms with Crippen LogP contribution in [0.15, 0.2) is 4.52 Å². The maximum atomic E-state index is 9.77. The van der Waals surface area contributed by atoms with Gasteiger partial charge in [0.2, 0.25) is 5.82 Å². The Balaban J connectivity index is 2.16. The Labute approximate surface area is 107 Å². The van der Waals surface area contributed by atoms with E-state index >= 15 is 0 Å². The molecule has 0 radical (unpaired) electrons. The predicted molar refractivity (Wildman–Crippen MR) is 64.7 cm³/mol. The molecule has 18 heavy (non-hydrogen) atoms. The standard InChI is InChI=1S/C12H21N3O3/c1-2-17-12(6-3-4-7-12)11-14-10(18-15-11)9(16)5-8-13/h9,16H,2-8,13H2,1H3/t9-/m0/s1. The first-order valence-electron chi connectivity index (χ1n) is 6.58. The van der Waals surface area contributed by atoms with E-state index < -0.39 is 11.7 Å². The molecule has 1 atom stereocenters. The highest BCUT2D eigenvalue weighted by atomic mass is 16.5. The van der Waals surface area contributed by atoms with Gasteiger partial charge in [-0.2, -0.15) is 4.98 Å². The van der Waals surface area contributed by atoms with E-state index in [9.17, 15) is 5.11 Å². The minimum atomic E-state index is -0.781. The molecule has 102 valence electrons. The first-order chi connectivity index (χ1) is 8.72. The van der Waals surface area contributed by atoms with Crippen molar-refractivity contribution in [2.45, 2.75) is 50.7 Å². The molecule has 0 saturated heterocycles. The van der Waals surface area contributed by atoms with Crippen molar-refractivity contribution in [3.8, 4) is 0 Å². The van der Waals surface area contributed by atoms with Crippen molar-refractivity contribution in [1.82, 2.24) is 10.1 Å². The van der Waals surface area contributed by atoms with Gasteiger partial charge in [-0.3, -0.25) is 0 Å². The van der Waals surface area contributed by atoms with E-state index in [1.54, 1.807) is 0 Å². The van der Waals surface area contributed by atoms with Crippen molar-refractivity contribution in [1.29, 1.82) is 0 Å². The number of aliphatic hydroxyl groups excluding tert-OH is 1. The summed E-state index contributed by atoms with van der Waals surface area (Å²) in [5.41, 5.74) is 4.98. The lowest BCUT2D eigenvalue weighted by atomic mass is 10.0. The Morgan fingerprint density at radius 1 is 1.50 bits per heavy atom. The average Bonchev–Trinajstić information content (AvgIpc) is 2.98. The molecule has 1 fully saturated rings. The van der Waals surface area contributed by atoms with Crippen molar-refractivity contribution < 1.29 is 14.4 Å². The molecule has 1 aliphatic rings. The molecule has 0 unspecified atom stereocenters. The number of aliphatic hydroxyl groups is 1. The Hall–Kier alpha value is -0.980. The van der Waals surface area contributed by atoms with E-state index in [0.29, 0.717) is 25.4 Å². The summed E-state index contributed by atoms with van der Waals surface area (Å²) in [5.74, 6) is 0.800. The second-order valence-electron chi connectivity index (χ2n) is 4.68. The average molecular weight is 255 g/mol. The molecular weight excluding hydrogens is 234 g/mol. The molecule has 0 bridgehead atoms. The van der Waals surface area contributed by atoms with Crippen LogP contribution in [-0.2, 0) is 10.3 Å². The van der Waals surface area contributed by atoms with Crippen molar-refractivity contribution in [3.05, 3.63) is 11.7 Å². The maximum absolute atomic E-state index is 9.77. The lowest BCUT2D eigenvalue weighted by molar-refractivity contribution is -0.0469. The molecule has 0 spiro atoms. The summed E-state index contributed by atoms with van der Waals surface area (Å²) in [6.07, 6.45) is 3.67. The van der Waals surface area contributed by atoms with Gasteiger partial charge in [-0.1, -0.05) is 5.16 Å². The molecule has 1 aromatic rings. The fourth-order valence-corrected chi connectivity index (χ4v) is 2.49. The summed E-state index contributed by atoms with van der Waals surface area (Å²) in [7, 11) is 0. The summed E-state index contributed by atoms with van der Waals surface area (Å²) in [6.45, 7) is 2.97. The molecule has 0 amide bonds. The predicted octanol–water partition coefficient (Wildman–Crippen LogP) is 1.26. The molecule has 1 saturated carbocycles. The summed E-state index contributed by atoms with van der Waals surface area (Å²) in [6, 6.07) is 0. The molecule has 6 nitrogen and oxygen atoms in total. The zero-order valence-corrected chi connectivity index (χ0v) is 10.8. The highest BCUT2D eigenvalue weighted by molar-refractivity contribution is 5.05. The van der Waals surface area contributed by atoms with E-state index in [1.807, 2.05) is 6.92 Å². The molecule has 0 aromatic carbocycles. The Morgan fingerprint density at radius 2 is 2.22 bits per heavy atom. The zero-order valence-electron chi connectivity index (χ0n) is 10.8. The third-order valence-corrected chi connectivity index (χ3v) is 3.41. The van der Waals surface area contributed by atoms with Crippen LogP contribution in [0, 0.1) is 0 Å². The second kappa shape index (κ2) is 5.77. The van der Waals surface area contributed by atoms with Gasteiger partial charge < -0.3 is 20.1 Å². The maximum Gasteiger partial charge on any atom is 0.255 e. The smallest absolute Gasteiger partial charge is 0.255 e. The van der Waals surface area contributed by atoms with Gasteiger partial charge in [-0.15, -0.1) is 0 Å². The SMILES string of the molecule is CCOC1(c2noc([C@@H](O)CCN)n2)CCCC1. The van der Waals surface area contributed by atoms with Gasteiger partial charge in [0.05, 0.1) is 0 Å². The summed E-state index contributed by atoms with van der Waals surface area (Å²) < 4.78 is 11.0. The van der Waals surface area contributed by atoms with Crippen molar-refractivity contribution >= 4 is 0 Å². The Kier molecular flexibility index (Phi) is 4.31.